The number of aromatic nitrogens is 1. The second-order valence-electron chi connectivity index (χ2n) is 6.38. The van der Waals surface area contributed by atoms with Gasteiger partial charge in [-0.15, -0.1) is 0 Å². The Hall–Kier alpha value is -1.58. The van der Waals surface area contributed by atoms with Crippen LogP contribution in [0, 0.1) is 11.8 Å². The van der Waals surface area contributed by atoms with Gasteiger partial charge in [-0.1, -0.05) is 32.8 Å². The molecule has 0 saturated carbocycles. The summed E-state index contributed by atoms with van der Waals surface area (Å²) < 4.78 is 0. The van der Waals surface area contributed by atoms with E-state index in [2.05, 4.69) is 42.0 Å². The topological polar surface area (TPSA) is 40.5 Å². The molecule has 1 unspecified atom stereocenters. The number of hydrogen-bond donors (Lipinski definition) is 1. The van der Waals surface area contributed by atoms with Crippen molar-refractivity contribution in [3.8, 4) is 0 Å². The second kappa shape index (κ2) is 9.53. The first-order chi connectivity index (χ1) is 11.3. The molecule has 1 aromatic heterocycles. The van der Waals surface area contributed by atoms with E-state index >= 15 is 0 Å². The van der Waals surface area contributed by atoms with Crippen LogP contribution in [0.2, 0.25) is 0 Å². The molecule has 2 heterocycles. The van der Waals surface area contributed by atoms with Crippen molar-refractivity contribution in [3.05, 3.63) is 30.1 Å². The number of hydrogen-bond acceptors (Lipinski definition) is 2. The number of guanidine groups is 1. The van der Waals surface area contributed by atoms with Crippen LogP contribution >= 0.6 is 0 Å². The molecule has 2 rings (SSSR count). The molecule has 0 spiro atoms. The Morgan fingerprint density at radius 1 is 1.35 bits per heavy atom. The number of likely N-dealkylation sites (tertiary alicyclic amines) is 1. The molecule has 23 heavy (non-hydrogen) atoms. The van der Waals surface area contributed by atoms with Crippen LogP contribution in [0.4, 0.5) is 0 Å². The molecule has 0 amide bonds. The standard InChI is InChI=1S/C19H32N4/c1-4-16(5-2)17-11-14-23(15-17)19(20-6-3)22-13-10-18-9-7-8-12-21-18/h7-9,12,16-17H,4-6,10-11,13-15H2,1-3H3,(H,20,22). The van der Waals surface area contributed by atoms with Gasteiger partial charge in [-0.05, 0) is 37.3 Å². The maximum Gasteiger partial charge on any atom is 0.193 e. The fourth-order valence-electron chi connectivity index (χ4n) is 3.57. The zero-order chi connectivity index (χ0) is 16.5. The lowest BCUT2D eigenvalue weighted by Crippen LogP contribution is -2.40. The van der Waals surface area contributed by atoms with Gasteiger partial charge >= 0.3 is 0 Å². The first-order valence-corrected chi connectivity index (χ1v) is 9.21. The Morgan fingerprint density at radius 3 is 2.83 bits per heavy atom. The number of nitrogens with one attached hydrogen (secondary N) is 1. The monoisotopic (exact) mass is 316 g/mol. The molecule has 1 N–H and O–H groups in total. The van der Waals surface area contributed by atoms with E-state index in [-0.39, 0.29) is 0 Å². The van der Waals surface area contributed by atoms with Gasteiger partial charge in [0, 0.05) is 44.5 Å². The van der Waals surface area contributed by atoms with Crippen LogP contribution in [0.1, 0.15) is 45.7 Å². The predicted molar refractivity (Wildman–Crippen MR) is 97.7 cm³/mol. The summed E-state index contributed by atoms with van der Waals surface area (Å²) in [6.07, 6.45) is 6.65. The summed E-state index contributed by atoms with van der Waals surface area (Å²) >= 11 is 0. The quantitative estimate of drug-likeness (QED) is 0.619. The largest absolute Gasteiger partial charge is 0.357 e. The van der Waals surface area contributed by atoms with E-state index in [1.54, 1.807) is 0 Å². The summed E-state index contributed by atoms with van der Waals surface area (Å²) in [7, 11) is 0. The lowest BCUT2D eigenvalue weighted by molar-refractivity contribution is 0.319. The van der Waals surface area contributed by atoms with Gasteiger partial charge in [0.05, 0.1) is 0 Å². The fraction of sp³-hybridized carbons (Fsp3) is 0.684. The van der Waals surface area contributed by atoms with E-state index in [1.165, 1.54) is 19.3 Å². The van der Waals surface area contributed by atoms with Crippen molar-refractivity contribution >= 4 is 5.96 Å². The van der Waals surface area contributed by atoms with Crippen molar-refractivity contribution in [3.63, 3.8) is 0 Å². The van der Waals surface area contributed by atoms with Crippen molar-refractivity contribution < 1.29 is 0 Å². The average Bonchev–Trinajstić information content (AvgIpc) is 3.06. The van der Waals surface area contributed by atoms with E-state index in [1.807, 2.05) is 18.3 Å². The number of aliphatic imine (C=N–C) groups is 1. The highest BCUT2D eigenvalue weighted by molar-refractivity contribution is 5.80. The molecule has 1 fully saturated rings. The Kier molecular flexibility index (Phi) is 7.37. The molecule has 4 nitrogen and oxygen atoms in total. The van der Waals surface area contributed by atoms with Crippen LogP contribution in [0.15, 0.2) is 29.4 Å². The van der Waals surface area contributed by atoms with Crippen molar-refractivity contribution in [1.29, 1.82) is 0 Å². The molecule has 0 aromatic carbocycles. The van der Waals surface area contributed by atoms with E-state index in [0.29, 0.717) is 0 Å². The van der Waals surface area contributed by atoms with Crippen molar-refractivity contribution in [2.75, 3.05) is 26.2 Å². The summed E-state index contributed by atoms with van der Waals surface area (Å²) in [6, 6.07) is 6.07. The first-order valence-electron chi connectivity index (χ1n) is 9.21. The van der Waals surface area contributed by atoms with Gasteiger partial charge in [0.2, 0.25) is 0 Å². The van der Waals surface area contributed by atoms with E-state index in [4.69, 9.17) is 4.99 Å². The smallest absolute Gasteiger partial charge is 0.193 e. The van der Waals surface area contributed by atoms with E-state index < -0.39 is 0 Å². The Balaban J connectivity index is 1.91. The van der Waals surface area contributed by atoms with Crippen LogP contribution < -0.4 is 5.32 Å². The predicted octanol–water partition coefficient (Wildman–Crippen LogP) is 3.35. The number of rotatable bonds is 7. The Morgan fingerprint density at radius 2 is 2.17 bits per heavy atom. The summed E-state index contributed by atoms with van der Waals surface area (Å²) in [4.78, 5) is 11.7. The Bertz CT molecular complexity index is 468. The minimum Gasteiger partial charge on any atom is -0.357 e. The maximum absolute atomic E-state index is 4.83. The van der Waals surface area contributed by atoms with E-state index in [0.717, 1.165) is 56.1 Å². The van der Waals surface area contributed by atoms with Gasteiger partial charge in [-0.3, -0.25) is 9.98 Å². The van der Waals surface area contributed by atoms with Gasteiger partial charge in [0.1, 0.15) is 0 Å². The third-order valence-corrected chi connectivity index (χ3v) is 4.93. The zero-order valence-electron chi connectivity index (χ0n) is 15.0. The fourth-order valence-corrected chi connectivity index (χ4v) is 3.57. The highest BCUT2D eigenvalue weighted by Crippen LogP contribution is 2.28. The van der Waals surface area contributed by atoms with Crippen LogP contribution in [0.25, 0.3) is 0 Å². The minimum atomic E-state index is 0.797. The van der Waals surface area contributed by atoms with Crippen molar-refractivity contribution in [2.24, 2.45) is 16.8 Å². The number of nitrogens with zero attached hydrogens (tertiary/aromatic N) is 3. The SMILES string of the molecule is CCNC(=NCCc1ccccn1)N1CCC(C(CC)CC)C1. The van der Waals surface area contributed by atoms with Gasteiger partial charge in [0.15, 0.2) is 5.96 Å². The molecule has 1 aromatic rings. The molecule has 1 aliphatic rings. The molecule has 4 heteroatoms. The minimum absolute atomic E-state index is 0.797. The third kappa shape index (κ3) is 5.22. The molecular weight excluding hydrogens is 284 g/mol. The molecule has 1 aliphatic heterocycles. The normalized spacial score (nSPS) is 18.7. The van der Waals surface area contributed by atoms with Crippen LogP contribution in [-0.4, -0.2) is 42.0 Å². The zero-order valence-corrected chi connectivity index (χ0v) is 15.0. The van der Waals surface area contributed by atoms with Crippen molar-refractivity contribution in [1.82, 2.24) is 15.2 Å². The van der Waals surface area contributed by atoms with Gasteiger partial charge in [0.25, 0.3) is 0 Å². The molecule has 1 atom stereocenters. The van der Waals surface area contributed by atoms with Gasteiger partial charge in [-0.2, -0.15) is 0 Å². The summed E-state index contributed by atoms with van der Waals surface area (Å²) in [6.45, 7) is 10.8. The van der Waals surface area contributed by atoms with E-state index in [9.17, 15) is 0 Å². The molecule has 128 valence electrons. The molecule has 0 bridgehead atoms. The third-order valence-electron chi connectivity index (χ3n) is 4.93. The second-order valence-corrected chi connectivity index (χ2v) is 6.38. The van der Waals surface area contributed by atoms with Crippen LogP contribution in [0.3, 0.4) is 0 Å². The van der Waals surface area contributed by atoms with Gasteiger partial charge in [-0.25, -0.2) is 0 Å². The number of pyridine rings is 1. The first kappa shape index (κ1) is 17.8. The van der Waals surface area contributed by atoms with Crippen LogP contribution in [-0.2, 0) is 6.42 Å². The molecule has 1 saturated heterocycles. The highest BCUT2D eigenvalue weighted by Gasteiger charge is 2.29. The van der Waals surface area contributed by atoms with Crippen LogP contribution in [0.5, 0.6) is 0 Å². The average molecular weight is 316 g/mol. The van der Waals surface area contributed by atoms with Gasteiger partial charge < -0.3 is 10.2 Å². The summed E-state index contributed by atoms with van der Waals surface area (Å²) in [5.74, 6) is 2.76. The molecule has 0 aliphatic carbocycles. The lowest BCUT2D eigenvalue weighted by Gasteiger charge is -2.24. The Labute approximate surface area is 141 Å². The lowest BCUT2D eigenvalue weighted by atomic mass is 9.87. The highest BCUT2D eigenvalue weighted by atomic mass is 15.3. The van der Waals surface area contributed by atoms with Crippen molar-refractivity contribution in [2.45, 2.75) is 46.5 Å². The maximum atomic E-state index is 4.83. The molecular formula is C19H32N4. The summed E-state index contributed by atoms with van der Waals surface area (Å²) in [5.41, 5.74) is 1.11. The molecule has 0 radical (unpaired) electrons. The summed E-state index contributed by atoms with van der Waals surface area (Å²) in [5, 5.41) is 3.46.